The van der Waals surface area contributed by atoms with Crippen LogP contribution in [0.4, 0.5) is 0 Å². The van der Waals surface area contributed by atoms with Gasteiger partial charge >= 0.3 is 0 Å². The van der Waals surface area contributed by atoms with Crippen molar-refractivity contribution < 1.29 is 13.9 Å². The third kappa shape index (κ3) is 4.12. The Morgan fingerprint density at radius 1 is 1.50 bits per heavy atom. The number of ether oxygens (including phenoxy) is 2. The Hall–Kier alpha value is -0.840. The van der Waals surface area contributed by atoms with Gasteiger partial charge in [-0.15, -0.1) is 0 Å². The highest BCUT2D eigenvalue weighted by atomic mass is 16.5. The zero-order chi connectivity index (χ0) is 13.0. The molecule has 1 heterocycles. The van der Waals surface area contributed by atoms with Crippen LogP contribution in [0.1, 0.15) is 36.8 Å². The van der Waals surface area contributed by atoms with E-state index in [2.05, 4.69) is 18.3 Å². The molecule has 0 aromatic carbocycles. The van der Waals surface area contributed by atoms with Crippen LogP contribution < -0.4 is 5.32 Å². The molecule has 1 aliphatic carbocycles. The van der Waals surface area contributed by atoms with Crippen molar-refractivity contribution in [2.24, 2.45) is 0 Å². The molecule has 0 amide bonds. The van der Waals surface area contributed by atoms with E-state index in [1.807, 2.05) is 6.92 Å². The van der Waals surface area contributed by atoms with Crippen molar-refractivity contribution in [1.82, 2.24) is 5.32 Å². The number of rotatable bonds is 8. The van der Waals surface area contributed by atoms with Crippen molar-refractivity contribution in [3.05, 3.63) is 23.2 Å². The second-order valence-corrected chi connectivity index (χ2v) is 5.05. The van der Waals surface area contributed by atoms with Crippen molar-refractivity contribution in [1.29, 1.82) is 0 Å². The van der Waals surface area contributed by atoms with E-state index in [0.29, 0.717) is 19.3 Å². The van der Waals surface area contributed by atoms with Crippen LogP contribution in [-0.2, 0) is 22.6 Å². The molecule has 0 saturated heterocycles. The van der Waals surface area contributed by atoms with Gasteiger partial charge in [0.25, 0.3) is 0 Å². The van der Waals surface area contributed by atoms with E-state index < -0.39 is 0 Å². The quantitative estimate of drug-likeness (QED) is 0.772. The van der Waals surface area contributed by atoms with E-state index in [1.165, 1.54) is 18.4 Å². The van der Waals surface area contributed by atoms with Gasteiger partial charge in [0.05, 0.1) is 19.3 Å². The van der Waals surface area contributed by atoms with Gasteiger partial charge in [0.1, 0.15) is 18.1 Å². The van der Waals surface area contributed by atoms with Crippen LogP contribution in [0.25, 0.3) is 0 Å². The summed E-state index contributed by atoms with van der Waals surface area (Å²) in [5, 5.41) is 3.46. The molecule has 2 rings (SSSR count). The molecule has 102 valence electrons. The van der Waals surface area contributed by atoms with Crippen LogP contribution >= 0.6 is 0 Å². The zero-order valence-corrected chi connectivity index (χ0v) is 11.5. The molecule has 1 saturated carbocycles. The molecule has 1 N–H and O–H groups in total. The summed E-state index contributed by atoms with van der Waals surface area (Å²) in [6.07, 6.45) is 2.68. The minimum Gasteiger partial charge on any atom is -0.462 e. The number of nitrogens with one attached hydrogen (secondary N) is 1. The Morgan fingerprint density at radius 2 is 2.28 bits per heavy atom. The first-order valence-corrected chi connectivity index (χ1v) is 6.61. The van der Waals surface area contributed by atoms with Crippen LogP contribution in [0.3, 0.4) is 0 Å². The Morgan fingerprint density at radius 3 is 2.94 bits per heavy atom. The fraction of sp³-hybridized carbons (Fsp3) is 0.714. The molecule has 0 bridgehead atoms. The Labute approximate surface area is 109 Å². The Kier molecular flexibility index (Phi) is 4.80. The van der Waals surface area contributed by atoms with E-state index >= 15 is 0 Å². The first-order valence-electron chi connectivity index (χ1n) is 6.61. The van der Waals surface area contributed by atoms with Gasteiger partial charge in [-0.3, -0.25) is 0 Å². The zero-order valence-electron chi connectivity index (χ0n) is 11.5. The van der Waals surface area contributed by atoms with Gasteiger partial charge in [-0.05, 0) is 38.3 Å². The molecule has 1 fully saturated rings. The van der Waals surface area contributed by atoms with E-state index in [9.17, 15) is 0 Å². The summed E-state index contributed by atoms with van der Waals surface area (Å²) in [7, 11) is 1.68. The first-order chi connectivity index (χ1) is 8.69. The minimum absolute atomic E-state index is 0.0912. The number of hydrogen-bond acceptors (Lipinski definition) is 4. The summed E-state index contributed by atoms with van der Waals surface area (Å²) in [5.74, 6) is 1.92. The summed E-state index contributed by atoms with van der Waals surface area (Å²) in [4.78, 5) is 0. The lowest BCUT2D eigenvalue weighted by Gasteiger charge is -2.10. The third-order valence-corrected chi connectivity index (χ3v) is 3.11. The molecule has 0 spiro atoms. The summed E-state index contributed by atoms with van der Waals surface area (Å²) >= 11 is 0. The van der Waals surface area contributed by atoms with Gasteiger partial charge in [-0.25, -0.2) is 0 Å². The van der Waals surface area contributed by atoms with E-state index in [1.54, 1.807) is 7.11 Å². The average Bonchev–Trinajstić information content (AvgIpc) is 3.09. The smallest absolute Gasteiger partial charge is 0.130 e. The van der Waals surface area contributed by atoms with E-state index in [4.69, 9.17) is 13.9 Å². The molecule has 4 nitrogen and oxygen atoms in total. The van der Waals surface area contributed by atoms with Gasteiger partial charge in [0.2, 0.25) is 0 Å². The second kappa shape index (κ2) is 6.36. The lowest BCUT2D eigenvalue weighted by molar-refractivity contribution is -0.00665. The van der Waals surface area contributed by atoms with Crippen molar-refractivity contribution in [2.75, 3.05) is 13.7 Å². The molecule has 1 atom stereocenters. The summed E-state index contributed by atoms with van der Waals surface area (Å²) in [6, 6.07) is 2.76. The molecular formula is C14H23NO3. The number of methoxy groups -OCH3 is 1. The van der Waals surface area contributed by atoms with Gasteiger partial charge in [0, 0.05) is 13.2 Å². The number of furan rings is 1. The average molecular weight is 253 g/mol. The third-order valence-electron chi connectivity index (χ3n) is 3.11. The molecule has 1 aliphatic rings. The van der Waals surface area contributed by atoms with Crippen molar-refractivity contribution >= 4 is 0 Å². The van der Waals surface area contributed by atoms with Gasteiger partial charge in [0.15, 0.2) is 0 Å². The SMILES string of the molecule is COCC(C)OCc1cc(C)c(CNC2CC2)o1. The maximum Gasteiger partial charge on any atom is 0.130 e. The van der Waals surface area contributed by atoms with Crippen molar-refractivity contribution in [3.63, 3.8) is 0 Å². The molecular weight excluding hydrogens is 230 g/mol. The van der Waals surface area contributed by atoms with E-state index in [0.717, 1.165) is 18.1 Å². The molecule has 1 unspecified atom stereocenters. The van der Waals surface area contributed by atoms with E-state index in [-0.39, 0.29) is 6.10 Å². The van der Waals surface area contributed by atoms with Crippen LogP contribution in [0.2, 0.25) is 0 Å². The first kappa shape index (κ1) is 13.6. The Bertz CT molecular complexity index is 371. The van der Waals surface area contributed by atoms with Crippen molar-refractivity contribution in [2.45, 2.75) is 52.0 Å². The molecule has 1 aromatic rings. The fourth-order valence-electron chi connectivity index (χ4n) is 1.87. The van der Waals surface area contributed by atoms with Gasteiger partial charge in [-0.1, -0.05) is 0 Å². The highest BCUT2D eigenvalue weighted by Crippen LogP contribution is 2.21. The van der Waals surface area contributed by atoms with Gasteiger partial charge in [-0.2, -0.15) is 0 Å². The second-order valence-electron chi connectivity index (χ2n) is 5.05. The lowest BCUT2D eigenvalue weighted by Crippen LogP contribution is -2.15. The maximum absolute atomic E-state index is 5.79. The predicted octanol–water partition coefficient (Wildman–Crippen LogP) is 2.39. The largest absolute Gasteiger partial charge is 0.462 e. The predicted molar refractivity (Wildman–Crippen MR) is 69.4 cm³/mol. The van der Waals surface area contributed by atoms with Gasteiger partial charge < -0.3 is 19.2 Å². The summed E-state index contributed by atoms with van der Waals surface area (Å²) < 4.78 is 16.5. The Balaban J connectivity index is 1.79. The highest BCUT2D eigenvalue weighted by molar-refractivity contribution is 5.19. The maximum atomic E-state index is 5.79. The molecule has 18 heavy (non-hydrogen) atoms. The fourth-order valence-corrected chi connectivity index (χ4v) is 1.87. The standard InChI is InChI=1S/C14H23NO3/c1-10-6-13(9-17-11(2)8-16-3)18-14(10)7-15-12-4-5-12/h6,11-12,15H,4-5,7-9H2,1-3H3. The highest BCUT2D eigenvalue weighted by Gasteiger charge is 2.21. The van der Waals surface area contributed by atoms with Crippen LogP contribution in [0.15, 0.2) is 10.5 Å². The summed E-state index contributed by atoms with van der Waals surface area (Å²) in [5.41, 5.74) is 1.20. The van der Waals surface area contributed by atoms with Crippen LogP contribution in [0, 0.1) is 6.92 Å². The molecule has 1 aromatic heterocycles. The number of aryl methyl sites for hydroxylation is 1. The monoisotopic (exact) mass is 253 g/mol. The topological polar surface area (TPSA) is 43.6 Å². The van der Waals surface area contributed by atoms with Crippen LogP contribution in [0.5, 0.6) is 0 Å². The molecule has 4 heteroatoms. The molecule has 0 radical (unpaired) electrons. The minimum atomic E-state index is 0.0912. The lowest BCUT2D eigenvalue weighted by atomic mass is 10.2. The molecule has 0 aliphatic heterocycles. The van der Waals surface area contributed by atoms with Crippen LogP contribution in [-0.4, -0.2) is 25.9 Å². The summed E-state index contributed by atoms with van der Waals surface area (Å²) in [6.45, 7) is 6.01. The normalized spacial score (nSPS) is 17.1. The van der Waals surface area contributed by atoms with Crippen molar-refractivity contribution in [3.8, 4) is 0 Å². The number of hydrogen-bond donors (Lipinski definition) is 1.